The first-order chi connectivity index (χ1) is 14.0. The minimum Gasteiger partial charge on any atom is -0.490 e. The normalized spacial score (nSPS) is 17.3. The number of hydrogen-bond acceptors (Lipinski definition) is 2. The highest BCUT2D eigenvalue weighted by Gasteiger charge is 2.21. The molecule has 3 nitrogen and oxygen atoms in total. The molecule has 0 bridgehead atoms. The van der Waals surface area contributed by atoms with Gasteiger partial charge in [0.2, 0.25) is 0 Å². The Labute approximate surface area is 172 Å². The molecule has 0 aromatic heterocycles. The van der Waals surface area contributed by atoms with Crippen molar-refractivity contribution >= 4 is 16.7 Å². The number of carbonyl (C=O) groups excluding carboxylic acids is 1. The van der Waals surface area contributed by atoms with Crippen molar-refractivity contribution in [3.63, 3.8) is 0 Å². The first kappa shape index (κ1) is 19.3. The van der Waals surface area contributed by atoms with Gasteiger partial charge >= 0.3 is 0 Å². The highest BCUT2D eigenvalue weighted by Crippen LogP contribution is 2.29. The van der Waals surface area contributed by atoms with Crippen LogP contribution < -0.4 is 10.1 Å². The monoisotopic (exact) mass is 385 g/mol. The second-order valence-electron chi connectivity index (χ2n) is 7.97. The number of hydrogen-bond donors (Lipinski definition) is 1. The van der Waals surface area contributed by atoms with Gasteiger partial charge in [-0.3, -0.25) is 4.79 Å². The van der Waals surface area contributed by atoms with Gasteiger partial charge in [-0.05, 0) is 60.7 Å². The number of carbonyl (C=O) groups is 1. The van der Waals surface area contributed by atoms with E-state index >= 15 is 0 Å². The molecular formula is C26H27NO2. The maximum Gasteiger partial charge on any atom is 0.252 e. The zero-order chi connectivity index (χ0) is 20.4. The third kappa shape index (κ3) is 4.19. The molecule has 1 unspecified atom stereocenters. The van der Waals surface area contributed by atoms with Crippen LogP contribution in [0.25, 0.3) is 10.8 Å². The van der Waals surface area contributed by atoms with E-state index < -0.39 is 0 Å². The molecule has 29 heavy (non-hydrogen) atoms. The molecule has 3 aromatic rings. The maximum atomic E-state index is 13.0. The van der Waals surface area contributed by atoms with Crippen LogP contribution in [-0.2, 0) is 0 Å². The Balaban J connectivity index is 1.53. The van der Waals surface area contributed by atoms with Crippen LogP contribution >= 0.6 is 0 Å². The summed E-state index contributed by atoms with van der Waals surface area (Å²) >= 11 is 0. The molecule has 3 aromatic carbocycles. The van der Waals surface area contributed by atoms with Gasteiger partial charge in [-0.1, -0.05) is 60.7 Å². The van der Waals surface area contributed by atoms with E-state index in [2.05, 4.69) is 36.2 Å². The molecule has 3 heteroatoms. The molecule has 1 saturated carbocycles. The van der Waals surface area contributed by atoms with Crippen LogP contribution in [0.3, 0.4) is 0 Å². The topological polar surface area (TPSA) is 38.3 Å². The molecular weight excluding hydrogens is 358 g/mol. The molecule has 2 atom stereocenters. The summed E-state index contributed by atoms with van der Waals surface area (Å²) in [5.74, 6) is 0.669. The van der Waals surface area contributed by atoms with E-state index in [4.69, 9.17) is 4.74 Å². The van der Waals surface area contributed by atoms with Crippen LogP contribution in [0.4, 0.5) is 0 Å². The van der Waals surface area contributed by atoms with E-state index in [9.17, 15) is 4.79 Å². The van der Waals surface area contributed by atoms with E-state index in [1.54, 1.807) is 0 Å². The molecule has 0 aliphatic heterocycles. The molecule has 0 heterocycles. The maximum absolute atomic E-state index is 13.0. The fourth-order valence-corrected chi connectivity index (χ4v) is 4.08. The van der Waals surface area contributed by atoms with Crippen LogP contribution in [0.15, 0.2) is 72.8 Å². The summed E-state index contributed by atoms with van der Waals surface area (Å²) in [4.78, 5) is 13.0. The largest absolute Gasteiger partial charge is 0.490 e. The third-order valence-corrected chi connectivity index (χ3v) is 5.73. The average molecular weight is 386 g/mol. The van der Waals surface area contributed by atoms with Gasteiger partial charge < -0.3 is 10.1 Å². The van der Waals surface area contributed by atoms with Crippen molar-refractivity contribution in [1.82, 2.24) is 5.32 Å². The van der Waals surface area contributed by atoms with Gasteiger partial charge in [0, 0.05) is 12.0 Å². The lowest BCUT2D eigenvalue weighted by Gasteiger charge is -2.19. The molecule has 0 saturated heterocycles. The summed E-state index contributed by atoms with van der Waals surface area (Å²) in [6.07, 6.45) is 3.07. The molecule has 0 spiro atoms. The minimum absolute atomic E-state index is 0.0794. The first-order valence-electron chi connectivity index (χ1n) is 10.2. The standard InChI is InChI=1S/C26H27NO2/c1-17-11-13-21(15-17)29-22-14-12-18(2)25(16-22)26(28)27-19(3)23-10-6-8-20-7-4-5-9-24(20)23/h4-10,12,14,16,19,21H,1,11,13,15H2,2-3H3,(H,27,28)/t19-,21?/m1/s1. The summed E-state index contributed by atoms with van der Waals surface area (Å²) in [5.41, 5.74) is 3.96. The van der Waals surface area contributed by atoms with Crippen molar-refractivity contribution in [3.8, 4) is 5.75 Å². The lowest BCUT2D eigenvalue weighted by atomic mass is 9.99. The van der Waals surface area contributed by atoms with Crippen molar-refractivity contribution in [3.05, 3.63) is 89.5 Å². The number of rotatable bonds is 5. The van der Waals surface area contributed by atoms with Crippen LogP contribution in [0.5, 0.6) is 5.75 Å². The molecule has 148 valence electrons. The van der Waals surface area contributed by atoms with Crippen LogP contribution in [0.2, 0.25) is 0 Å². The van der Waals surface area contributed by atoms with E-state index in [0.29, 0.717) is 5.56 Å². The summed E-state index contributed by atoms with van der Waals surface area (Å²) in [6.45, 7) is 8.03. The highest BCUT2D eigenvalue weighted by molar-refractivity contribution is 5.96. The quantitative estimate of drug-likeness (QED) is 0.537. The summed E-state index contributed by atoms with van der Waals surface area (Å²) in [5, 5.41) is 5.51. The van der Waals surface area contributed by atoms with E-state index in [-0.39, 0.29) is 18.1 Å². The van der Waals surface area contributed by atoms with Gasteiger partial charge in [-0.2, -0.15) is 0 Å². The lowest BCUT2D eigenvalue weighted by Crippen LogP contribution is -2.27. The second-order valence-corrected chi connectivity index (χ2v) is 7.97. The van der Waals surface area contributed by atoms with Gasteiger partial charge in [-0.25, -0.2) is 0 Å². The average Bonchev–Trinajstić information content (AvgIpc) is 3.13. The number of nitrogens with one attached hydrogen (secondary N) is 1. The van der Waals surface area contributed by atoms with Gasteiger partial charge in [0.15, 0.2) is 0 Å². The Morgan fingerprint density at radius 2 is 1.93 bits per heavy atom. The molecule has 1 fully saturated rings. The molecule has 1 aliphatic carbocycles. The van der Waals surface area contributed by atoms with Crippen LogP contribution in [0.1, 0.15) is 53.7 Å². The van der Waals surface area contributed by atoms with Gasteiger partial charge in [0.25, 0.3) is 5.91 Å². The molecule has 1 aliphatic rings. The predicted octanol–water partition coefficient (Wildman–Crippen LogP) is 6.13. The van der Waals surface area contributed by atoms with Crippen molar-refractivity contribution in [2.75, 3.05) is 0 Å². The molecule has 1 amide bonds. The van der Waals surface area contributed by atoms with E-state index in [1.165, 1.54) is 11.0 Å². The second kappa shape index (κ2) is 8.12. The smallest absolute Gasteiger partial charge is 0.252 e. The Bertz CT molecular complexity index is 1060. The molecule has 1 N–H and O–H groups in total. The fraction of sp³-hybridized carbons (Fsp3) is 0.269. The van der Waals surface area contributed by atoms with Gasteiger partial charge in [-0.15, -0.1) is 0 Å². The Morgan fingerprint density at radius 1 is 1.14 bits per heavy atom. The van der Waals surface area contributed by atoms with Crippen molar-refractivity contribution in [1.29, 1.82) is 0 Å². The predicted molar refractivity (Wildman–Crippen MR) is 118 cm³/mol. The van der Waals surface area contributed by atoms with Gasteiger partial charge in [0.05, 0.1) is 6.04 Å². The zero-order valence-electron chi connectivity index (χ0n) is 17.1. The molecule has 0 radical (unpaired) electrons. The number of amides is 1. The molecule has 4 rings (SSSR count). The van der Waals surface area contributed by atoms with Crippen LogP contribution in [-0.4, -0.2) is 12.0 Å². The van der Waals surface area contributed by atoms with Crippen molar-refractivity contribution in [2.24, 2.45) is 0 Å². The SMILES string of the molecule is C=C1CCC(Oc2ccc(C)c(C(=O)N[C@H](C)c3cccc4ccccc34)c2)C1. The fourth-order valence-electron chi connectivity index (χ4n) is 4.08. The third-order valence-electron chi connectivity index (χ3n) is 5.73. The van der Waals surface area contributed by atoms with Crippen molar-refractivity contribution in [2.45, 2.75) is 45.3 Å². The lowest BCUT2D eigenvalue weighted by molar-refractivity contribution is 0.0938. The summed E-state index contributed by atoms with van der Waals surface area (Å²) in [6, 6.07) is 20.1. The summed E-state index contributed by atoms with van der Waals surface area (Å²) < 4.78 is 6.10. The Kier molecular flexibility index (Phi) is 5.39. The Hall–Kier alpha value is -3.07. The summed E-state index contributed by atoms with van der Waals surface area (Å²) in [7, 11) is 0. The number of benzene rings is 3. The van der Waals surface area contributed by atoms with Crippen molar-refractivity contribution < 1.29 is 9.53 Å². The van der Waals surface area contributed by atoms with E-state index in [1.807, 2.05) is 50.2 Å². The number of aryl methyl sites for hydroxylation is 1. The zero-order valence-corrected chi connectivity index (χ0v) is 17.1. The minimum atomic E-state index is -0.101. The van der Waals surface area contributed by atoms with E-state index in [0.717, 1.165) is 41.5 Å². The first-order valence-corrected chi connectivity index (χ1v) is 10.2. The van der Waals surface area contributed by atoms with Crippen LogP contribution in [0, 0.1) is 6.92 Å². The Morgan fingerprint density at radius 3 is 2.72 bits per heavy atom. The number of ether oxygens (including phenoxy) is 1. The highest BCUT2D eigenvalue weighted by atomic mass is 16.5. The number of fused-ring (bicyclic) bond motifs is 1. The van der Waals surface area contributed by atoms with Gasteiger partial charge in [0.1, 0.15) is 11.9 Å².